The third-order valence-electron chi connectivity index (χ3n) is 3.16. The van der Waals surface area contributed by atoms with Gasteiger partial charge in [0.05, 0.1) is 11.3 Å². The van der Waals surface area contributed by atoms with Crippen LogP contribution in [-0.4, -0.2) is 13.1 Å². The van der Waals surface area contributed by atoms with Crippen LogP contribution in [0, 0.1) is 12.3 Å². The van der Waals surface area contributed by atoms with E-state index >= 15 is 0 Å². The summed E-state index contributed by atoms with van der Waals surface area (Å²) in [5.41, 5.74) is 2.17. The summed E-state index contributed by atoms with van der Waals surface area (Å²) < 4.78 is 0. The van der Waals surface area contributed by atoms with Crippen LogP contribution < -0.4 is 4.90 Å². The average molecular weight is 223 g/mol. The standard InChI is InChI=1S/C16H17N/c1-4-14-15-10-8-7-9-13(15)11-12-16(14)17(5-2)6-3/h1,7-12H,5-6H2,2-3H3. The maximum Gasteiger partial charge on any atom is 0.0554 e. The van der Waals surface area contributed by atoms with Gasteiger partial charge in [0, 0.05) is 13.1 Å². The first-order chi connectivity index (χ1) is 8.31. The number of nitrogens with zero attached hydrogens (tertiary/aromatic N) is 1. The molecular weight excluding hydrogens is 206 g/mol. The molecule has 1 heteroatoms. The van der Waals surface area contributed by atoms with Crippen LogP contribution in [0.25, 0.3) is 10.8 Å². The van der Waals surface area contributed by atoms with Gasteiger partial charge in [-0.1, -0.05) is 36.3 Å². The average Bonchev–Trinajstić information content (AvgIpc) is 2.39. The second kappa shape index (κ2) is 4.93. The largest absolute Gasteiger partial charge is 0.371 e. The minimum Gasteiger partial charge on any atom is -0.371 e. The van der Waals surface area contributed by atoms with E-state index in [1.165, 1.54) is 10.8 Å². The Morgan fingerprint density at radius 2 is 1.76 bits per heavy atom. The monoisotopic (exact) mass is 223 g/mol. The van der Waals surface area contributed by atoms with Crippen molar-refractivity contribution in [3.8, 4) is 12.3 Å². The molecule has 0 saturated carbocycles. The van der Waals surface area contributed by atoms with Crippen LogP contribution in [0.5, 0.6) is 0 Å². The molecule has 0 aliphatic heterocycles. The minimum absolute atomic E-state index is 0.976. The molecule has 0 N–H and O–H groups in total. The van der Waals surface area contributed by atoms with Gasteiger partial charge in [-0.05, 0) is 30.7 Å². The quantitative estimate of drug-likeness (QED) is 0.718. The number of terminal acetylenes is 1. The van der Waals surface area contributed by atoms with Gasteiger partial charge in [-0.25, -0.2) is 0 Å². The molecule has 0 bridgehead atoms. The van der Waals surface area contributed by atoms with Crippen molar-refractivity contribution in [3.63, 3.8) is 0 Å². The highest BCUT2D eigenvalue weighted by molar-refractivity contribution is 5.93. The van der Waals surface area contributed by atoms with Crippen molar-refractivity contribution in [3.05, 3.63) is 42.0 Å². The molecular formula is C16H17N. The predicted molar refractivity (Wildman–Crippen MR) is 75.4 cm³/mol. The number of fused-ring (bicyclic) bond motifs is 1. The molecule has 0 unspecified atom stereocenters. The zero-order valence-electron chi connectivity index (χ0n) is 10.4. The van der Waals surface area contributed by atoms with E-state index in [9.17, 15) is 0 Å². The highest BCUT2D eigenvalue weighted by Crippen LogP contribution is 2.28. The summed E-state index contributed by atoms with van der Waals surface area (Å²) in [7, 11) is 0. The van der Waals surface area contributed by atoms with E-state index in [0.717, 1.165) is 24.3 Å². The lowest BCUT2D eigenvalue weighted by molar-refractivity contribution is 0.866. The Morgan fingerprint density at radius 1 is 1.06 bits per heavy atom. The minimum atomic E-state index is 0.976. The van der Waals surface area contributed by atoms with Gasteiger partial charge in [0.25, 0.3) is 0 Å². The van der Waals surface area contributed by atoms with Crippen molar-refractivity contribution in [1.29, 1.82) is 0 Å². The molecule has 0 amide bonds. The summed E-state index contributed by atoms with van der Waals surface area (Å²) in [4.78, 5) is 2.29. The SMILES string of the molecule is C#Cc1c(N(CC)CC)ccc2ccccc12. The van der Waals surface area contributed by atoms with Crippen molar-refractivity contribution in [1.82, 2.24) is 0 Å². The van der Waals surface area contributed by atoms with Gasteiger partial charge in [-0.15, -0.1) is 6.42 Å². The third kappa shape index (κ3) is 1.99. The number of benzene rings is 2. The molecule has 0 aromatic heterocycles. The van der Waals surface area contributed by atoms with Crippen molar-refractivity contribution in [2.24, 2.45) is 0 Å². The van der Waals surface area contributed by atoms with Crippen LogP contribution in [-0.2, 0) is 0 Å². The first-order valence-corrected chi connectivity index (χ1v) is 6.05. The Bertz CT molecular complexity index is 559. The molecule has 0 heterocycles. The van der Waals surface area contributed by atoms with Gasteiger partial charge < -0.3 is 4.90 Å². The number of hydrogen-bond donors (Lipinski definition) is 0. The van der Waals surface area contributed by atoms with Gasteiger partial charge in [-0.3, -0.25) is 0 Å². The van der Waals surface area contributed by atoms with Gasteiger partial charge in [0.1, 0.15) is 0 Å². The highest BCUT2D eigenvalue weighted by Gasteiger charge is 2.09. The van der Waals surface area contributed by atoms with E-state index in [-0.39, 0.29) is 0 Å². The van der Waals surface area contributed by atoms with E-state index in [1.807, 2.05) is 12.1 Å². The molecule has 0 aliphatic carbocycles. The lowest BCUT2D eigenvalue weighted by Gasteiger charge is -2.23. The molecule has 1 nitrogen and oxygen atoms in total. The van der Waals surface area contributed by atoms with Crippen LogP contribution in [0.3, 0.4) is 0 Å². The smallest absolute Gasteiger partial charge is 0.0554 e. The molecule has 0 radical (unpaired) electrons. The molecule has 2 aromatic rings. The predicted octanol–water partition coefficient (Wildman–Crippen LogP) is 3.67. The summed E-state index contributed by atoms with van der Waals surface area (Å²) in [5.74, 6) is 2.85. The van der Waals surface area contributed by atoms with E-state index in [1.54, 1.807) is 0 Å². The normalized spacial score (nSPS) is 10.2. The van der Waals surface area contributed by atoms with Crippen molar-refractivity contribution in [2.75, 3.05) is 18.0 Å². The summed E-state index contributed by atoms with van der Waals surface area (Å²) in [6.07, 6.45) is 5.69. The molecule has 0 atom stereocenters. The fourth-order valence-corrected chi connectivity index (χ4v) is 2.24. The Balaban J connectivity index is 2.69. The summed E-state index contributed by atoms with van der Waals surface area (Å²) in [6.45, 7) is 6.25. The van der Waals surface area contributed by atoms with Crippen molar-refractivity contribution >= 4 is 16.5 Å². The topological polar surface area (TPSA) is 3.24 Å². The molecule has 86 valence electrons. The zero-order valence-corrected chi connectivity index (χ0v) is 10.4. The second-order valence-corrected chi connectivity index (χ2v) is 4.00. The summed E-state index contributed by atoms with van der Waals surface area (Å²) in [5, 5.41) is 2.37. The van der Waals surface area contributed by atoms with E-state index in [4.69, 9.17) is 6.42 Å². The highest BCUT2D eigenvalue weighted by atomic mass is 15.1. The summed E-state index contributed by atoms with van der Waals surface area (Å²) >= 11 is 0. The van der Waals surface area contributed by atoms with Crippen LogP contribution >= 0.6 is 0 Å². The van der Waals surface area contributed by atoms with E-state index in [0.29, 0.717) is 0 Å². The van der Waals surface area contributed by atoms with Crippen molar-refractivity contribution < 1.29 is 0 Å². The second-order valence-electron chi connectivity index (χ2n) is 4.00. The maximum atomic E-state index is 5.69. The Hall–Kier alpha value is -1.94. The first-order valence-electron chi connectivity index (χ1n) is 6.05. The lowest BCUT2D eigenvalue weighted by Crippen LogP contribution is -2.22. The van der Waals surface area contributed by atoms with Crippen LogP contribution in [0.1, 0.15) is 19.4 Å². The molecule has 0 spiro atoms. The van der Waals surface area contributed by atoms with Crippen LogP contribution in [0.2, 0.25) is 0 Å². The van der Waals surface area contributed by atoms with Gasteiger partial charge >= 0.3 is 0 Å². The number of hydrogen-bond acceptors (Lipinski definition) is 1. The molecule has 0 saturated heterocycles. The Labute approximate surface area is 103 Å². The molecule has 17 heavy (non-hydrogen) atoms. The summed E-state index contributed by atoms with van der Waals surface area (Å²) in [6, 6.07) is 12.5. The molecule has 2 aromatic carbocycles. The first kappa shape index (κ1) is 11.5. The Morgan fingerprint density at radius 3 is 2.41 bits per heavy atom. The van der Waals surface area contributed by atoms with Crippen LogP contribution in [0.15, 0.2) is 36.4 Å². The van der Waals surface area contributed by atoms with E-state index < -0.39 is 0 Å². The lowest BCUT2D eigenvalue weighted by atomic mass is 10.0. The van der Waals surface area contributed by atoms with Gasteiger partial charge in [0.2, 0.25) is 0 Å². The fraction of sp³-hybridized carbons (Fsp3) is 0.250. The van der Waals surface area contributed by atoms with Gasteiger partial charge in [0.15, 0.2) is 0 Å². The molecule has 0 aliphatic rings. The van der Waals surface area contributed by atoms with E-state index in [2.05, 4.69) is 48.9 Å². The maximum absolute atomic E-state index is 5.69. The number of anilines is 1. The van der Waals surface area contributed by atoms with Crippen LogP contribution in [0.4, 0.5) is 5.69 Å². The zero-order chi connectivity index (χ0) is 12.3. The fourth-order valence-electron chi connectivity index (χ4n) is 2.24. The number of rotatable bonds is 3. The third-order valence-corrected chi connectivity index (χ3v) is 3.16. The molecule has 2 rings (SSSR count). The van der Waals surface area contributed by atoms with Crippen molar-refractivity contribution in [2.45, 2.75) is 13.8 Å². The molecule has 0 fully saturated rings. The van der Waals surface area contributed by atoms with Gasteiger partial charge in [-0.2, -0.15) is 0 Å². The Kier molecular flexibility index (Phi) is 3.35.